The Kier molecular flexibility index (Phi) is 1.97. The third-order valence-electron chi connectivity index (χ3n) is 4.86. The Morgan fingerprint density at radius 3 is 2.11 bits per heavy atom. The van der Waals surface area contributed by atoms with Crippen LogP contribution in [0.2, 0.25) is 0 Å². The lowest BCUT2D eigenvalue weighted by Crippen LogP contribution is -2.42. The molecule has 3 heteroatoms. The summed E-state index contributed by atoms with van der Waals surface area (Å²) in [5.74, 6) is 1.14. The minimum atomic E-state index is -0.0758. The Labute approximate surface area is 106 Å². The van der Waals surface area contributed by atoms with Gasteiger partial charge in [-0.05, 0) is 43.2 Å². The van der Waals surface area contributed by atoms with Gasteiger partial charge in [0.15, 0.2) is 0 Å². The summed E-state index contributed by atoms with van der Waals surface area (Å²) in [6.45, 7) is 0. The van der Waals surface area contributed by atoms with E-state index in [4.69, 9.17) is 0 Å². The lowest BCUT2D eigenvalue weighted by molar-refractivity contribution is 0.0530. The van der Waals surface area contributed by atoms with E-state index in [0.29, 0.717) is 17.0 Å². The highest BCUT2D eigenvalue weighted by Gasteiger charge is 2.49. The van der Waals surface area contributed by atoms with Gasteiger partial charge in [-0.15, -0.1) is 0 Å². The van der Waals surface area contributed by atoms with Gasteiger partial charge in [-0.2, -0.15) is 0 Å². The smallest absolute Gasteiger partial charge is 0.261 e. The predicted octanol–water partition coefficient (Wildman–Crippen LogP) is 2.47. The van der Waals surface area contributed by atoms with Gasteiger partial charge in [-0.3, -0.25) is 14.5 Å². The van der Waals surface area contributed by atoms with Crippen LogP contribution in [-0.4, -0.2) is 22.8 Å². The molecule has 2 aliphatic carbocycles. The van der Waals surface area contributed by atoms with E-state index < -0.39 is 0 Å². The quantitative estimate of drug-likeness (QED) is 0.708. The van der Waals surface area contributed by atoms with E-state index >= 15 is 0 Å². The fourth-order valence-corrected chi connectivity index (χ4v) is 4.04. The molecule has 3 nitrogen and oxygen atoms in total. The first-order valence-electron chi connectivity index (χ1n) is 6.72. The van der Waals surface area contributed by atoms with E-state index in [2.05, 4.69) is 0 Å². The molecule has 1 aliphatic heterocycles. The van der Waals surface area contributed by atoms with E-state index in [-0.39, 0.29) is 17.9 Å². The number of carbonyl (C=O) groups excluding carboxylic acids is 2. The van der Waals surface area contributed by atoms with Crippen molar-refractivity contribution in [3.8, 4) is 0 Å². The molecule has 2 saturated carbocycles. The van der Waals surface area contributed by atoms with Gasteiger partial charge in [-0.25, -0.2) is 0 Å². The van der Waals surface area contributed by atoms with Crippen LogP contribution in [0.25, 0.3) is 0 Å². The van der Waals surface area contributed by atoms with Crippen molar-refractivity contribution in [1.82, 2.24) is 4.90 Å². The van der Waals surface area contributed by atoms with Crippen LogP contribution < -0.4 is 0 Å². The molecule has 0 N–H and O–H groups in total. The average molecular weight is 241 g/mol. The molecule has 1 aromatic rings. The van der Waals surface area contributed by atoms with Gasteiger partial charge in [0.05, 0.1) is 11.1 Å². The van der Waals surface area contributed by atoms with Crippen LogP contribution in [-0.2, 0) is 0 Å². The highest BCUT2D eigenvalue weighted by Crippen LogP contribution is 2.48. The van der Waals surface area contributed by atoms with Crippen molar-refractivity contribution < 1.29 is 9.59 Å². The summed E-state index contributed by atoms with van der Waals surface area (Å²) in [5.41, 5.74) is 1.18. The average Bonchev–Trinajstić information content (AvgIpc) is 3.06. The molecule has 0 unspecified atom stereocenters. The summed E-state index contributed by atoms with van der Waals surface area (Å²) in [6, 6.07) is 7.35. The van der Waals surface area contributed by atoms with Crippen LogP contribution in [0.1, 0.15) is 46.4 Å². The number of imide groups is 1. The Morgan fingerprint density at radius 1 is 0.944 bits per heavy atom. The number of benzene rings is 1. The topological polar surface area (TPSA) is 37.4 Å². The summed E-state index contributed by atoms with van der Waals surface area (Å²) < 4.78 is 0. The number of hydrogen-bond donors (Lipinski definition) is 0. The van der Waals surface area contributed by atoms with Gasteiger partial charge in [0.25, 0.3) is 11.8 Å². The number of rotatable bonds is 1. The van der Waals surface area contributed by atoms with Crippen LogP contribution in [0.5, 0.6) is 0 Å². The van der Waals surface area contributed by atoms with Crippen molar-refractivity contribution >= 4 is 11.8 Å². The Bertz CT molecular complexity index is 516. The Hall–Kier alpha value is -1.64. The first-order chi connectivity index (χ1) is 8.75. The van der Waals surface area contributed by atoms with Crippen molar-refractivity contribution in [3.63, 3.8) is 0 Å². The van der Waals surface area contributed by atoms with E-state index in [9.17, 15) is 9.59 Å². The van der Waals surface area contributed by atoms with Gasteiger partial charge in [0.2, 0.25) is 0 Å². The number of amides is 2. The van der Waals surface area contributed by atoms with Crippen LogP contribution in [0.15, 0.2) is 24.3 Å². The maximum Gasteiger partial charge on any atom is 0.261 e. The van der Waals surface area contributed by atoms with Crippen LogP contribution >= 0.6 is 0 Å². The van der Waals surface area contributed by atoms with Crippen LogP contribution in [0.4, 0.5) is 0 Å². The SMILES string of the molecule is O=C1c2ccccc2C(=O)N1[C@H]1C[C@H]2CC[C@H]1C2. The van der Waals surface area contributed by atoms with E-state index in [1.54, 1.807) is 17.0 Å². The summed E-state index contributed by atoms with van der Waals surface area (Å²) in [4.78, 5) is 26.3. The highest BCUT2D eigenvalue weighted by atomic mass is 16.2. The fourth-order valence-electron chi connectivity index (χ4n) is 4.04. The van der Waals surface area contributed by atoms with Crippen LogP contribution in [0.3, 0.4) is 0 Å². The lowest BCUT2D eigenvalue weighted by atomic mass is 9.94. The van der Waals surface area contributed by atoms with Gasteiger partial charge < -0.3 is 0 Å². The van der Waals surface area contributed by atoms with E-state index in [1.165, 1.54) is 19.3 Å². The molecule has 1 aromatic carbocycles. The van der Waals surface area contributed by atoms with E-state index in [1.807, 2.05) is 12.1 Å². The number of nitrogens with zero attached hydrogens (tertiary/aromatic N) is 1. The lowest BCUT2D eigenvalue weighted by Gasteiger charge is -2.29. The first kappa shape index (κ1) is 10.3. The molecular formula is C15H15NO2. The standard InChI is InChI=1S/C15H15NO2/c17-14-11-3-1-2-4-12(11)15(18)16(14)13-8-9-5-6-10(13)7-9/h1-4,9-10,13H,5-8H2/t9-,10-,13-/m0/s1. The van der Waals surface area contributed by atoms with E-state index in [0.717, 1.165) is 12.3 Å². The van der Waals surface area contributed by atoms with Crippen molar-refractivity contribution in [2.24, 2.45) is 11.8 Å². The maximum absolute atomic E-state index is 12.4. The molecule has 0 aromatic heterocycles. The minimum absolute atomic E-state index is 0.0758. The Morgan fingerprint density at radius 2 is 1.61 bits per heavy atom. The van der Waals surface area contributed by atoms with Crippen molar-refractivity contribution in [2.45, 2.75) is 31.7 Å². The summed E-state index contributed by atoms with van der Waals surface area (Å²) in [5, 5.41) is 0. The second kappa shape index (κ2) is 3.44. The molecule has 1 heterocycles. The van der Waals surface area contributed by atoms with Gasteiger partial charge in [0, 0.05) is 6.04 Å². The van der Waals surface area contributed by atoms with Crippen molar-refractivity contribution in [1.29, 1.82) is 0 Å². The third-order valence-corrected chi connectivity index (χ3v) is 4.86. The third kappa shape index (κ3) is 1.19. The minimum Gasteiger partial charge on any atom is -0.271 e. The first-order valence-corrected chi connectivity index (χ1v) is 6.72. The summed E-state index contributed by atoms with van der Waals surface area (Å²) in [7, 11) is 0. The predicted molar refractivity (Wildman–Crippen MR) is 66.2 cm³/mol. The highest BCUT2D eigenvalue weighted by molar-refractivity contribution is 6.21. The molecule has 3 aliphatic rings. The monoisotopic (exact) mass is 241 g/mol. The summed E-state index contributed by atoms with van der Waals surface area (Å²) in [6.07, 6.45) is 4.70. The largest absolute Gasteiger partial charge is 0.271 e. The van der Waals surface area contributed by atoms with Gasteiger partial charge in [0.1, 0.15) is 0 Å². The van der Waals surface area contributed by atoms with Gasteiger partial charge in [-0.1, -0.05) is 18.6 Å². The molecule has 18 heavy (non-hydrogen) atoms. The van der Waals surface area contributed by atoms with Crippen molar-refractivity contribution in [2.75, 3.05) is 0 Å². The zero-order valence-corrected chi connectivity index (χ0v) is 10.1. The van der Waals surface area contributed by atoms with Crippen LogP contribution in [0, 0.1) is 11.8 Å². The molecule has 0 saturated heterocycles. The fraction of sp³-hybridized carbons (Fsp3) is 0.467. The molecule has 4 rings (SSSR count). The molecule has 2 bridgehead atoms. The second-order valence-corrected chi connectivity index (χ2v) is 5.77. The number of hydrogen-bond acceptors (Lipinski definition) is 2. The number of fused-ring (bicyclic) bond motifs is 3. The number of carbonyl (C=O) groups is 2. The molecule has 92 valence electrons. The molecule has 2 fully saturated rings. The molecule has 0 radical (unpaired) electrons. The zero-order valence-electron chi connectivity index (χ0n) is 10.1. The maximum atomic E-state index is 12.4. The Balaban J connectivity index is 1.72. The second-order valence-electron chi connectivity index (χ2n) is 5.77. The van der Waals surface area contributed by atoms with Gasteiger partial charge >= 0.3 is 0 Å². The van der Waals surface area contributed by atoms with Crippen molar-refractivity contribution in [3.05, 3.63) is 35.4 Å². The molecular weight excluding hydrogens is 226 g/mol. The molecule has 2 amide bonds. The zero-order chi connectivity index (χ0) is 12.3. The molecule has 3 atom stereocenters. The summed E-state index contributed by atoms with van der Waals surface area (Å²) >= 11 is 0. The molecule has 0 spiro atoms. The normalized spacial score (nSPS) is 33.3.